The van der Waals surface area contributed by atoms with Crippen molar-refractivity contribution in [2.75, 3.05) is 0 Å². The molecule has 0 amide bonds. The van der Waals surface area contributed by atoms with Crippen molar-refractivity contribution >= 4 is 15.2 Å². The Labute approximate surface area is 107 Å². The predicted octanol–water partition coefficient (Wildman–Crippen LogP) is 3.59. The zero-order valence-electron chi connectivity index (χ0n) is 11.1. The summed E-state index contributed by atoms with van der Waals surface area (Å²) < 4.78 is 21.8. The van der Waals surface area contributed by atoms with E-state index in [2.05, 4.69) is 25.7 Å². The lowest BCUT2D eigenvalue weighted by molar-refractivity contribution is 0.626. The minimum absolute atomic E-state index is 0.383. The Hall–Kier alpha value is -0.750. The molecule has 3 heteroatoms. The first-order valence-electron chi connectivity index (χ1n) is 6.66. The standard InChI is InChI=1S/C14H24O2S/c1-3-5-7-8-9-11-13-14(17(15)16)12-10-6-4-2/h3-10,12H2,1-2H3. The molecule has 0 aromatic heterocycles. The smallest absolute Gasteiger partial charge is 0.184 e. The largest absolute Gasteiger partial charge is 0.225 e. The summed E-state index contributed by atoms with van der Waals surface area (Å²) in [5.41, 5.74) is 0. The van der Waals surface area contributed by atoms with Crippen molar-refractivity contribution in [1.82, 2.24) is 0 Å². The molecule has 0 N–H and O–H groups in total. The Bertz CT molecular complexity index is 361. The molecular formula is C14H24O2S. The first-order chi connectivity index (χ1) is 8.22. The molecule has 0 heterocycles. The van der Waals surface area contributed by atoms with Crippen LogP contribution < -0.4 is 0 Å². The van der Waals surface area contributed by atoms with Crippen molar-refractivity contribution in [2.45, 2.75) is 71.6 Å². The van der Waals surface area contributed by atoms with Crippen LogP contribution in [-0.2, 0) is 10.3 Å². The van der Waals surface area contributed by atoms with Crippen LogP contribution in [-0.4, -0.2) is 13.3 Å². The normalized spacial score (nSPS) is 9.53. The highest BCUT2D eigenvalue weighted by Crippen LogP contribution is 2.02. The zero-order chi connectivity index (χ0) is 12.9. The number of hydrogen-bond acceptors (Lipinski definition) is 2. The van der Waals surface area contributed by atoms with Gasteiger partial charge in [-0.25, -0.2) is 0 Å². The van der Waals surface area contributed by atoms with E-state index in [9.17, 15) is 8.42 Å². The number of rotatable bonds is 8. The second kappa shape index (κ2) is 11.7. The molecule has 0 radical (unpaired) electrons. The summed E-state index contributed by atoms with van der Waals surface area (Å²) in [5.74, 6) is 5.78. The van der Waals surface area contributed by atoms with E-state index < -0.39 is 10.3 Å². The third-order valence-corrected chi connectivity index (χ3v) is 3.30. The Kier molecular flexibility index (Phi) is 11.2. The molecule has 0 bridgehead atoms. The van der Waals surface area contributed by atoms with E-state index in [0.29, 0.717) is 11.3 Å². The number of unbranched alkanes of at least 4 members (excludes halogenated alkanes) is 6. The van der Waals surface area contributed by atoms with Crippen molar-refractivity contribution in [3.05, 3.63) is 0 Å². The summed E-state index contributed by atoms with van der Waals surface area (Å²) in [5, 5.41) is 0. The highest BCUT2D eigenvalue weighted by Gasteiger charge is 1.96. The Morgan fingerprint density at radius 3 is 2.18 bits per heavy atom. The zero-order valence-corrected chi connectivity index (χ0v) is 11.9. The SMILES string of the molecule is CCCCCCC#CC(CCCCC)=S(=O)=O. The van der Waals surface area contributed by atoms with Crippen LogP contribution in [0.5, 0.6) is 0 Å². The van der Waals surface area contributed by atoms with E-state index in [1.807, 2.05) is 0 Å². The first kappa shape index (κ1) is 16.2. The van der Waals surface area contributed by atoms with Gasteiger partial charge in [-0.05, 0) is 19.3 Å². The second-order valence-electron chi connectivity index (χ2n) is 4.23. The Morgan fingerprint density at radius 2 is 1.59 bits per heavy atom. The third kappa shape index (κ3) is 10.1. The summed E-state index contributed by atoms with van der Waals surface area (Å²) in [7, 11) is -2.12. The quantitative estimate of drug-likeness (QED) is 0.378. The summed E-state index contributed by atoms with van der Waals surface area (Å²) >= 11 is 0. The van der Waals surface area contributed by atoms with Gasteiger partial charge in [0.15, 0.2) is 0 Å². The van der Waals surface area contributed by atoms with Crippen LogP contribution in [0.15, 0.2) is 0 Å². The molecule has 0 aliphatic rings. The molecule has 0 rings (SSSR count). The van der Waals surface area contributed by atoms with Gasteiger partial charge in [0.2, 0.25) is 10.3 Å². The second-order valence-corrected chi connectivity index (χ2v) is 5.19. The van der Waals surface area contributed by atoms with Crippen molar-refractivity contribution < 1.29 is 8.42 Å². The molecule has 0 spiro atoms. The lowest BCUT2D eigenvalue weighted by Crippen LogP contribution is -1.96. The van der Waals surface area contributed by atoms with Gasteiger partial charge in [0.25, 0.3) is 0 Å². The van der Waals surface area contributed by atoms with Crippen LogP contribution >= 0.6 is 0 Å². The minimum Gasteiger partial charge on any atom is -0.184 e. The molecule has 0 aromatic carbocycles. The van der Waals surface area contributed by atoms with E-state index in [-0.39, 0.29) is 0 Å². The molecule has 0 fully saturated rings. The molecular weight excluding hydrogens is 232 g/mol. The van der Waals surface area contributed by atoms with E-state index in [4.69, 9.17) is 0 Å². The molecule has 0 saturated carbocycles. The van der Waals surface area contributed by atoms with Gasteiger partial charge in [0, 0.05) is 6.42 Å². The van der Waals surface area contributed by atoms with E-state index in [1.165, 1.54) is 19.3 Å². The average molecular weight is 256 g/mol. The third-order valence-electron chi connectivity index (χ3n) is 2.59. The number of hydrogen-bond donors (Lipinski definition) is 0. The van der Waals surface area contributed by atoms with Gasteiger partial charge in [0.1, 0.15) is 4.86 Å². The molecule has 0 unspecified atom stereocenters. The molecule has 0 saturated heterocycles. The van der Waals surface area contributed by atoms with Gasteiger partial charge < -0.3 is 0 Å². The first-order valence-corrected chi connectivity index (χ1v) is 7.73. The van der Waals surface area contributed by atoms with Crippen molar-refractivity contribution in [1.29, 1.82) is 0 Å². The monoisotopic (exact) mass is 256 g/mol. The average Bonchev–Trinajstić information content (AvgIpc) is 2.31. The van der Waals surface area contributed by atoms with Crippen LogP contribution in [0.2, 0.25) is 0 Å². The van der Waals surface area contributed by atoms with Crippen LogP contribution in [0, 0.1) is 11.8 Å². The van der Waals surface area contributed by atoms with E-state index in [0.717, 1.165) is 32.1 Å². The topological polar surface area (TPSA) is 34.1 Å². The fourth-order valence-corrected chi connectivity index (χ4v) is 1.99. The Balaban J connectivity index is 4.02. The van der Waals surface area contributed by atoms with Gasteiger partial charge in [-0.15, -0.1) is 0 Å². The van der Waals surface area contributed by atoms with Gasteiger partial charge in [-0.3, -0.25) is 0 Å². The summed E-state index contributed by atoms with van der Waals surface area (Å²) in [6.45, 7) is 4.28. The fraction of sp³-hybridized carbons (Fsp3) is 0.786. The summed E-state index contributed by atoms with van der Waals surface area (Å²) in [6, 6.07) is 0. The van der Waals surface area contributed by atoms with Crippen molar-refractivity contribution in [3.8, 4) is 11.8 Å². The molecule has 0 aromatic rings. The van der Waals surface area contributed by atoms with Crippen LogP contribution in [0.1, 0.15) is 71.6 Å². The summed E-state index contributed by atoms with van der Waals surface area (Å²) in [6.07, 6.45) is 9.23. The maximum absolute atomic E-state index is 10.9. The van der Waals surface area contributed by atoms with Crippen LogP contribution in [0.3, 0.4) is 0 Å². The Morgan fingerprint density at radius 1 is 0.941 bits per heavy atom. The minimum atomic E-state index is -2.12. The van der Waals surface area contributed by atoms with Gasteiger partial charge >= 0.3 is 0 Å². The molecule has 0 atom stereocenters. The lowest BCUT2D eigenvalue weighted by atomic mass is 10.1. The maximum Gasteiger partial charge on any atom is 0.225 e. The summed E-state index contributed by atoms with van der Waals surface area (Å²) in [4.78, 5) is 0.383. The maximum atomic E-state index is 10.9. The van der Waals surface area contributed by atoms with Gasteiger partial charge in [-0.2, -0.15) is 8.42 Å². The molecule has 0 aliphatic heterocycles. The van der Waals surface area contributed by atoms with Crippen LogP contribution in [0.25, 0.3) is 0 Å². The molecule has 17 heavy (non-hydrogen) atoms. The van der Waals surface area contributed by atoms with Crippen LogP contribution in [0.4, 0.5) is 0 Å². The highest BCUT2D eigenvalue weighted by molar-refractivity contribution is 7.73. The van der Waals surface area contributed by atoms with E-state index >= 15 is 0 Å². The molecule has 98 valence electrons. The lowest BCUT2D eigenvalue weighted by Gasteiger charge is -1.94. The van der Waals surface area contributed by atoms with Gasteiger partial charge in [-0.1, -0.05) is 57.8 Å². The molecule has 0 aliphatic carbocycles. The van der Waals surface area contributed by atoms with Gasteiger partial charge in [0.05, 0.1) is 0 Å². The van der Waals surface area contributed by atoms with Crippen molar-refractivity contribution in [3.63, 3.8) is 0 Å². The predicted molar refractivity (Wildman–Crippen MR) is 74.6 cm³/mol. The highest BCUT2D eigenvalue weighted by atomic mass is 32.2. The fourth-order valence-electron chi connectivity index (χ4n) is 1.52. The van der Waals surface area contributed by atoms with E-state index in [1.54, 1.807) is 0 Å². The van der Waals surface area contributed by atoms with Crippen molar-refractivity contribution in [2.24, 2.45) is 0 Å². The molecule has 2 nitrogen and oxygen atoms in total.